The highest BCUT2D eigenvalue weighted by Crippen LogP contribution is 2.27. The van der Waals surface area contributed by atoms with Crippen molar-refractivity contribution < 1.29 is 22.4 Å². The van der Waals surface area contributed by atoms with Crippen LogP contribution in [0.25, 0.3) is 0 Å². The minimum Gasteiger partial charge on any atom is -0.337 e. The van der Waals surface area contributed by atoms with E-state index in [1.54, 1.807) is 0 Å². The molecule has 0 fully saturated rings. The smallest absolute Gasteiger partial charge is 0.290 e. The Hall–Kier alpha value is -2.09. The molecule has 0 aliphatic carbocycles. The van der Waals surface area contributed by atoms with Gasteiger partial charge in [-0.2, -0.15) is 8.78 Å². The fraction of sp³-hybridized carbons (Fsp3) is 0.200. The maximum atomic E-state index is 13.6. The zero-order valence-corrected chi connectivity index (χ0v) is 12.8. The highest BCUT2D eigenvalue weighted by Gasteiger charge is 2.20. The molecule has 1 aromatic carbocycles. The quantitative estimate of drug-likeness (QED) is 0.608. The molecule has 0 spiro atoms. The molecular formula is C15H12F4N2OS. The second kappa shape index (κ2) is 7.45. The Bertz CT molecular complexity index is 712. The predicted molar refractivity (Wildman–Crippen MR) is 78.3 cm³/mol. The lowest BCUT2D eigenvalue weighted by Crippen LogP contribution is -2.27. The Balaban J connectivity index is 2.20. The zero-order valence-electron chi connectivity index (χ0n) is 12.0. The molecular weight excluding hydrogens is 332 g/mol. The zero-order chi connectivity index (χ0) is 17.0. The number of amides is 1. The number of benzene rings is 1. The average Bonchev–Trinajstić information content (AvgIpc) is 2.49. The van der Waals surface area contributed by atoms with E-state index in [1.165, 1.54) is 31.4 Å². The molecule has 0 saturated heterocycles. The van der Waals surface area contributed by atoms with E-state index in [0.717, 1.165) is 17.0 Å². The number of thioether (sulfide) groups is 1. The van der Waals surface area contributed by atoms with E-state index in [9.17, 15) is 22.4 Å². The van der Waals surface area contributed by atoms with Gasteiger partial charge in [0.25, 0.3) is 11.7 Å². The van der Waals surface area contributed by atoms with Crippen LogP contribution in [0.1, 0.15) is 15.9 Å². The number of hydrogen-bond acceptors (Lipinski definition) is 3. The Labute approximate surface area is 134 Å². The highest BCUT2D eigenvalue weighted by atomic mass is 32.2. The molecule has 23 heavy (non-hydrogen) atoms. The number of carbonyl (C=O) groups is 1. The van der Waals surface area contributed by atoms with Crippen molar-refractivity contribution in [2.75, 3.05) is 7.05 Å². The summed E-state index contributed by atoms with van der Waals surface area (Å²) in [6, 6.07) is 5.85. The summed E-state index contributed by atoms with van der Waals surface area (Å²) in [4.78, 5) is 17.3. The van der Waals surface area contributed by atoms with Crippen LogP contribution in [0.5, 0.6) is 0 Å². The molecule has 0 unspecified atom stereocenters. The predicted octanol–water partition coefficient (Wildman–Crippen LogP) is 3.95. The fourth-order valence-electron chi connectivity index (χ4n) is 1.91. The van der Waals surface area contributed by atoms with Gasteiger partial charge >= 0.3 is 0 Å². The molecule has 0 bridgehead atoms. The lowest BCUT2D eigenvalue weighted by atomic mass is 10.2. The van der Waals surface area contributed by atoms with Crippen molar-refractivity contribution in [3.63, 3.8) is 0 Å². The van der Waals surface area contributed by atoms with Crippen LogP contribution in [-0.4, -0.2) is 28.6 Å². The summed E-state index contributed by atoms with van der Waals surface area (Å²) in [5, 5.41) is -0.0982. The van der Waals surface area contributed by atoms with Gasteiger partial charge in [0.2, 0.25) is 0 Å². The number of nitrogens with zero attached hydrogens (tertiary/aromatic N) is 2. The van der Waals surface area contributed by atoms with E-state index >= 15 is 0 Å². The molecule has 0 aliphatic rings. The van der Waals surface area contributed by atoms with E-state index in [2.05, 4.69) is 4.98 Å². The van der Waals surface area contributed by atoms with Crippen molar-refractivity contribution in [3.05, 3.63) is 59.3 Å². The first-order valence-corrected chi connectivity index (χ1v) is 7.35. The number of rotatable bonds is 5. The first-order valence-electron chi connectivity index (χ1n) is 6.47. The molecule has 1 aromatic heterocycles. The van der Waals surface area contributed by atoms with Crippen molar-refractivity contribution >= 4 is 17.7 Å². The first kappa shape index (κ1) is 17.3. The number of carbonyl (C=O) groups excluding carboxylic acids is 1. The molecule has 0 atom stereocenters. The van der Waals surface area contributed by atoms with Gasteiger partial charge in [-0.05, 0) is 30.0 Å². The third-order valence-electron chi connectivity index (χ3n) is 2.97. The van der Waals surface area contributed by atoms with Crippen LogP contribution in [-0.2, 0) is 6.54 Å². The van der Waals surface area contributed by atoms with Gasteiger partial charge in [0.05, 0.1) is 5.56 Å². The van der Waals surface area contributed by atoms with Crippen molar-refractivity contribution in [2.45, 2.75) is 17.3 Å². The molecule has 1 amide bonds. The van der Waals surface area contributed by atoms with Crippen molar-refractivity contribution in [1.29, 1.82) is 0 Å². The first-order chi connectivity index (χ1) is 10.9. The third kappa shape index (κ3) is 4.44. The van der Waals surface area contributed by atoms with Crippen LogP contribution in [0.3, 0.4) is 0 Å². The van der Waals surface area contributed by atoms with E-state index in [0.29, 0.717) is 0 Å². The van der Waals surface area contributed by atoms with E-state index < -0.39 is 23.3 Å². The summed E-state index contributed by atoms with van der Waals surface area (Å²) in [5.41, 5.74) is 0.122. The molecule has 0 N–H and O–H groups in total. The molecule has 122 valence electrons. The van der Waals surface area contributed by atoms with E-state index in [1.807, 2.05) is 0 Å². The van der Waals surface area contributed by atoms with Crippen LogP contribution in [0.15, 0.2) is 41.6 Å². The lowest BCUT2D eigenvalue weighted by molar-refractivity contribution is 0.0779. The van der Waals surface area contributed by atoms with E-state index in [4.69, 9.17) is 0 Å². The summed E-state index contributed by atoms with van der Waals surface area (Å²) in [6.07, 6.45) is 1.31. The van der Waals surface area contributed by atoms with Gasteiger partial charge in [0.1, 0.15) is 16.7 Å². The normalized spacial score (nSPS) is 10.9. The number of pyridine rings is 1. The summed E-state index contributed by atoms with van der Waals surface area (Å²) in [5.74, 6) is -4.79. The Morgan fingerprint density at radius 1 is 1.30 bits per heavy atom. The van der Waals surface area contributed by atoms with Crippen LogP contribution in [0.4, 0.5) is 17.6 Å². The Morgan fingerprint density at radius 3 is 2.70 bits per heavy atom. The highest BCUT2D eigenvalue weighted by molar-refractivity contribution is 7.99. The number of hydrogen-bond donors (Lipinski definition) is 0. The molecule has 8 heteroatoms. The van der Waals surface area contributed by atoms with Gasteiger partial charge in [-0.3, -0.25) is 4.79 Å². The van der Waals surface area contributed by atoms with Gasteiger partial charge in [-0.1, -0.05) is 6.07 Å². The maximum absolute atomic E-state index is 13.6. The summed E-state index contributed by atoms with van der Waals surface area (Å²) in [6.45, 7) is -0.126. The van der Waals surface area contributed by atoms with Gasteiger partial charge in [0, 0.05) is 31.4 Å². The standard InChI is InChI=1S/C15H12F4N2OS/c1-21(8-9-4-5-10(16)7-12(9)17)14(22)11-3-2-6-20-13(11)23-15(18)19/h2-7,15H,8H2,1H3. The maximum Gasteiger partial charge on any atom is 0.290 e. The number of aromatic nitrogens is 1. The third-order valence-corrected chi connectivity index (χ3v) is 3.70. The summed E-state index contributed by atoms with van der Waals surface area (Å²) < 4.78 is 51.5. The van der Waals surface area contributed by atoms with Crippen LogP contribution >= 0.6 is 11.8 Å². The van der Waals surface area contributed by atoms with Crippen molar-refractivity contribution in [2.24, 2.45) is 0 Å². The fourth-order valence-corrected chi connectivity index (χ4v) is 2.49. The molecule has 3 nitrogen and oxygen atoms in total. The second-order valence-corrected chi connectivity index (χ2v) is 5.61. The van der Waals surface area contributed by atoms with Gasteiger partial charge in [0.15, 0.2) is 0 Å². The monoisotopic (exact) mass is 344 g/mol. The van der Waals surface area contributed by atoms with Crippen molar-refractivity contribution in [1.82, 2.24) is 9.88 Å². The molecule has 1 heterocycles. The molecule has 2 aromatic rings. The molecule has 0 radical (unpaired) electrons. The number of halogens is 4. The Kier molecular flexibility index (Phi) is 5.59. The van der Waals surface area contributed by atoms with Crippen LogP contribution in [0, 0.1) is 11.6 Å². The molecule has 2 rings (SSSR count). The minimum atomic E-state index is -2.71. The lowest BCUT2D eigenvalue weighted by Gasteiger charge is -2.19. The van der Waals surface area contributed by atoms with Crippen LogP contribution in [0.2, 0.25) is 0 Å². The summed E-state index contributed by atoms with van der Waals surface area (Å²) >= 11 is 0.167. The second-order valence-electron chi connectivity index (χ2n) is 4.63. The SMILES string of the molecule is CN(Cc1ccc(F)cc1F)C(=O)c1cccnc1SC(F)F. The van der Waals surface area contributed by atoms with Crippen LogP contribution < -0.4 is 0 Å². The minimum absolute atomic E-state index is 0.00261. The van der Waals surface area contributed by atoms with Gasteiger partial charge in [-0.15, -0.1) is 0 Å². The Morgan fingerprint density at radius 2 is 2.04 bits per heavy atom. The molecule has 0 saturated carbocycles. The average molecular weight is 344 g/mol. The van der Waals surface area contributed by atoms with Crippen molar-refractivity contribution in [3.8, 4) is 0 Å². The summed E-state index contributed by atoms with van der Waals surface area (Å²) in [7, 11) is 1.40. The van der Waals surface area contributed by atoms with Gasteiger partial charge in [-0.25, -0.2) is 13.8 Å². The topological polar surface area (TPSA) is 33.2 Å². The van der Waals surface area contributed by atoms with E-state index in [-0.39, 0.29) is 34.5 Å². The molecule has 0 aliphatic heterocycles. The number of alkyl halides is 2. The van der Waals surface area contributed by atoms with Gasteiger partial charge < -0.3 is 4.90 Å². The largest absolute Gasteiger partial charge is 0.337 e.